The number of piperidine rings is 1. The first-order chi connectivity index (χ1) is 12.5. The highest BCUT2D eigenvalue weighted by atomic mass is 32.2. The summed E-state index contributed by atoms with van der Waals surface area (Å²) in [5.41, 5.74) is 0.690. The molecule has 1 saturated heterocycles. The minimum atomic E-state index is -3.57. The van der Waals surface area contributed by atoms with Crippen LogP contribution in [0.15, 0.2) is 53.7 Å². The Bertz CT molecular complexity index is 866. The molecule has 0 saturated carbocycles. The van der Waals surface area contributed by atoms with Gasteiger partial charge >= 0.3 is 0 Å². The zero-order valence-corrected chi connectivity index (χ0v) is 15.0. The Morgan fingerprint density at radius 3 is 2.65 bits per heavy atom. The Hall–Kier alpha value is -2.32. The molecule has 26 heavy (non-hydrogen) atoms. The third kappa shape index (κ3) is 4.25. The molecule has 1 fully saturated rings. The van der Waals surface area contributed by atoms with Gasteiger partial charge in [0.15, 0.2) is 0 Å². The highest BCUT2D eigenvalue weighted by molar-refractivity contribution is 7.89. The minimum Gasteiger partial charge on any atom is -0.352 e. The van der Waals surface area contributed by atoms with Gasteiger partial charge in [-0.25, -0.2) is 12.8 Å². The van der Waals surface area contributed by atoms with Crippen molar-refractivity contribution in [3.8, 4) is 0 Å². The quantitative estimate of drug-likeness (QED) is 0.864. The molecule has 1 N–H and O–H groups in total. The molecular formula is C18H20FN3O3S. The average Bonchev–Trinajstić information content (AvgIpc) is 2.67. The standard InChI is InChI=1S/C18H20FN3O3S/c19-16-4-1-3-14(11-16)12-21-18(23)15-6-9-22(10-7-15)26(24,25)17-5-2-8-20-13-17/h1-5,8,11,13,15H,6-7,9-10,12H2,(H,21,23). The maximum Gasteiger partial charge on any atom is 0.244 e. The van der Waals surface area contributed by atoms with Crippen LogP contribution in [0.3, 0.4) is 0 Å². The molecule has 2 aromatic rings. The van der Waals surface area contributed by atoms with E-state index in [0.717, 1.165) is 0 Å². The predicted octanol–water partition coefficient (Wildman–Crippen LogP) is 1.94. The van der Waals surface area contributed by atoms with Gasteiger partial charge in [0.05, 0.1) is 0 Å². The van der Waals surface area contributed by atoms with E-state index < -0.39 is 10.0 Å². The molecule has 0 atom stereocenters. The van der Waals surface area contributed by atoms with Gasteiger partial charge in [-0.3, -0.25) is 9.78 Å². The van der Waals surface area contributed by atoms with Crippen molar-refractivity contribution in [2.75, 3.05) is 13.1 Å². The average molecular weight is 377 g/mol. The number of rotatable bonds is 5. The molecule has 6 nitrogen and oxygen atoms in total. The van der Waals surface area contributed by atoms with E-state index in [1.54, 1.807) is 18.2 Å². The SMILES string of the molecule is O=C(NCc1cccc(F)c1)C1CCN(S(=O)(=O)c2cccnc2)CC1. The number of pyridine rings is 1. The van der Waals surface area contributed by atoms with Crippen LogP contribution in [0.1, 0.15) is 18.4 Å². The second kappa shape index (κ2) is 7.92. The van der Waals surface area contributed by atoms with Crippen molar-refractivity contribution in [2.24, 2.45) is 5.92 Å². The number of carbonyl (C=O) groups is 1. The molecule has 138 valence electrons. The van der Waals surface area contributed by atoms with Gasteiger partial charge in [0.1, 0.15) is 10.7 Å². The number of benzene rings is 1. The van der Waals surface area contributed by atoms with Gasteiger partial charge in [-0.15, -0.1) is 0 Å². The van der Waals surface area contributed by atoms with Crippen LogP contribution in [0.25, 0.3) is 0 Å². The first-order valence-electron chi connectivity index (χ1n) is 8.39. The smallest absolute Gasteiger partial charge is 0.244 e. The van der Waals surface area contributed by atoms with Crippen molar-refractivity contribution < 1.29 is 17.6 Å². The predicted molar refractivity (Wildman–Crippen MR) is 94.0 cm³/mol. The molecule has 0 spiro atoms. The van der Waals surface area contributed by atoms with Crippen LogP contribution in [0.5, 0.6) is 0 Å². The van der Waals surface area contributed by atoms with Crippen molar-refractivity contribution in [3.05, 3.63) is 60.2 Å². The van der Waals surface area contributed by atoms with Gasteiger partial charge < -0.3 is 5.32 Å². The maximum absolute atomic E-state index is 13.2. The monoisotopic (exact) mass is 377 g/mol. The highest BCUT2D eigenvalue weighted by Gasteiger charge is 2.32. The number of aromatic nitrogens is 1. The van der Waals surface area contributed by atoms with E-state index in [4.69, 9.17) is 0 Å². The van der Waals surface area contributed by atoms with Crippen LogP contribution < -0.4 is 5.32 Å². The summed E-state index contributed by atoms with van der Waals surface area (Å²) in [6, 6.07) is 9.16. The summed E-state index contributed by atoms with van der Waals surface area (Å²) in [5.74, 6) is -0.720. The number of amides is 1. The molecule has 0 radical (unpaired) electrons. The van der Waals surface area contributed by atoms with Crippen LogP contribution in [-0.4, -0.2) is 36.7 Å². The molecule has 0 unspecified atom stereocenters. The Morgan fingerprint density at radius 2 is 2.00 bits per heavy atom. The van der Waals surface area contributed by atoms with Gasteiger partial charge in [0.25, 0.3) is 0 Å². The zero-order valence-electron chi connectivity index (χ0n) is 14.1. The van der Waals surface area contributed by atoms with Crippen LogP contribution in [0.4, 0.5) is 4.39 Å². The Kier molecular flexibility index (Phi) is 5.63. The lowest BCUT2D eigenvalue weighted by Crippen LogP contribution is -2.42. The Balaban J connectivity index is 1.54. The molecule has 0 bridgehead atoms. The lowest BCUT2D eigenvalue weighted by Gasteiger charge is -2.30. The maximum atomic E-state index is 13.2. The molecule has 1 amide bonds. The lowest BCUT2D eigenvalue weighted by atomic mass is 9.97. The summed E-state index contributed by atoms with van der Waals surface area (Å²) in [7, 11) is -3.57. The molecular weight excluding hydrogens is 357 g/mol. The molecule has 0 aliphatic carbocycles. The van der Waals surface area contributed by atoms with Crippen molar-refractivity contribution in [1.29, 1.82) is 0 Å². The summed E-state index contributed by atoms with van der Waals surface area (Å²) < 4.78 is 39.7. The third-order valence-corrected chi connectivity index (χ3v) is 6.33. The second-order valence-electron chi connectivity index (χ2n) is 6.21. The topological polar surface area (TPSA) is 79.4 Å². The Morgan fingerprint density at radius 1 is 1.23 bits per heavy atom. The van der Waals surface area contributed by atoms with Crippen molar-refractivity contribution in [3.63, 3.8) is 0 Å². The van der Waals surface area contributed by atoms with Crippen molar-refractivity contribution >= 4 is 15.9 Å². The number of hydrogen-bond donors (Lipinski definition) is 1. The van der Waals surface area contributed by atoms with E-state index in [0.29, 0.717) is 18.4 Å². The van der Waals surface area contributed by atoms with Gasteiger partial charge in [-0.1, -0.05) is 12.1 Å². The summed E-state index contributed by atoms with van der Waals surface area (Å²) in [6.45, 7) is 0.829. The van der Waals surface area contributed by atoms with Gasteiger partial charge in [-0.2, -0.15) is 4.31 Å². The van der Waals surface area contributed by atoms with E-state index in [1.165, 1.54) is 34.9 Å². The van der Waals surface area contributed by atoms with E-state index in [1.807, 2.05) is 0 Å². The second-order valence-corrected chi connectivity index (χ2v) is 8.15. The summed E-state index contributed by atoms with van der Waals surface area (Å²) >= 11 is 0. The first-order valence-corrected chi connectivity index (χ1v) is 9.83. The largest absolute Gasteiger partial charge is 0.352 e. The van der Waals surface area contributed by atoms with Crippen LogP contribution in [0.2, 0.25) is 0 Å². The normalized spacial score (nSPS) is 16.3. The van der Waals surface area contributed by atoms with Crippen LogP contribution in [-0.2, 0) is 21.4 Å². The fourth-order valence-electron chi connectivity index (χ4n) is 2.99. The zero-order chi connectivity index (χ0) is 18.6. The van der Waals surface area contributed by atoms with E-state index >= 15 is 0 Å². The lowest BCUT2D eigenvalue weighted by molar-refractivity contribution is -0.126. The molecule has 8 heteroatoms. The minimum absolute atomic E-state index is 0.132. The molecule has 1 aromatic carbocycles. The van der Waals surface area contributed by atoms with Crippen LogP contribution in [0, 0.1) is 11.7 Å². The highest BCUT2D eigenvalue weighted by Crippen LogP contribution is 2.23. The van der Waals surface area contributed by atoms with Gasteiger partial charge in [0, 0.05) is 37.9 Å². The van der Waals surface area contributed by atoms with Crippen molar-refractivity contribution in [2.45, 2.75) is 24.3 Å². The molecule has 1 aromatic heterocycles. The fourth-order valence-corrected chi connectivity index (χ4v) is 4.42. The van der Waals surface area contributed by atoms with Gasteiger partial charge in [-0.05, 0) is 42.7 Å². The molecule has 1 aliphatic heterocycles. The Labute approximate surface area is 152 Å². The van der Waals surface area contributed by atoms with Crippen LogP contribution >= 0.6 is 0 Å². The van der Waals surface area contributed by atoms with E-state index in [9.17, 15) is 17.6 Å². The fraction of sp³-hybridized carbons (Fsp3) is 0.333. The number of carbonyl (C=O) groups excluding carboxylic acids is 1. The third-order valence-electron chi connectivity index (χ3n) is 4.45. The number of nitrogens with one attached hydrogen (secondary N) is 1. The number of hydrogen-bond acceptors (Lipinski definition) is 4. The van der Waals surface area contributed by atoms with E-state index in [2.05, 4.69) is 10.3 Å². The molecule has 1 aliphatic rings. The van der Waals surface area contributed by atoms with E-state index in [-0.39, 0.29) is 42.2 Å². The number of sulfonamides is 1. The molecule has 2 heterocycles. The van der Waals surface area contributed by atoms with Gasteiger partial charge in [0.2, 0.25) is 15.9 Å². The first kappa shape index (κ1) is 18.5. The summed E-state index contributed by atoms with van der Waals surface area (Å²) in [6.07, 6.45) is 3.75. The van der Waals surface area contributed by atoms with Crippen molar-refractivity contribution in [1.82, 2.24) is 14.6 Å². The molecule has 3 rings (SSSR count). The number of nitrogens with zero attached hydrogens (tertiary/aromatic N) is 2. The summed E-state index contributed by atoms with van der Waals surface area (Å²) in [4.78, 5) is 16.3. The summed E-state index contributed by atoms with van der Waals surface area (Å²) in [5, 5.41) is 2.80. The number of halogens is 1.